The minimum atomic E-state index is 0.393. The molecule has 1 heterocycles. The van der Waals surface area contributed by atoms with E-state index in [1.165, 1.54) is 0 Å². The summed E-state index contributed by atoms with van der Waals surface area (Å²) in [7, 11) is 1.64. The maximum Gasteiger partial charge on any atom is 0.130 e. The van der Waals surface area contributed by atoms with Crippen molar-refractivity contribution in [1.82, 2.24) is 4.98 Å². The molecule has 2 aromatic rings. The molecule has 0 fully saturated rings. The highest BCUT2D eigenvalue weighted by Gasteiger charge is 2.04. The summed E-state index contributed by atoms with van der Waals surface area (Å²) >= 11 is 3.45. The molecule has 20 heavy (non-hydrogen) atoms. The Bertz CT molecular complexity index is 602. The number of nitrogens with zero attached hydrogens (tertiary/aromatic N) is 1. The van der Waals surface area contributed by atoms with Crippen molar-refractivity contribution in [3.8, 4) is 11.5 Å². The van der Waals surface area contributed by atoms with Crippen LogP contribution in [0.3, 0.4) is 0 Å². The number of nitrogens with two attached hydrogens (primary N) is 1. The summed E-state index contributed by atoms with van der Waals surface area (Å²) in [5.41, 5.74) is 8.42. The Kier molecular flexibility index (Phi) is 4.98. The van der Waals surface area contributed by atoms with Gasteiger partial charge in [0.15, 0.2) is 0 Å². The van der Waals surface area contributed by atoms with Gasteiger partial charge in [-0.3, -0.25) is 4.98 Å². The molecule has 0 amide bonds. The van der Waals surface area contributed by atoms with E-state index < -0.39 is 0 Å². The molecule has 0 aliphatic rings. The van der Waals surface area contributed by atoms with Gasteiger partial charge < -0.3 is 15.2 Å². The van der Waals surface area contributed by atoms with Crippen LogP contribution in [0.25, 0.3) is 0 Å². The summed E-state index contributed by atoms with van der Waals surface area (Å²) < 4.78 is 12.0. The first kappa shape index (κ1) is 14.8. The van der Waals surface area contributed by atoms with Gasteiger partial charge in [-0.05, 0) is 30.7 Å². The number of benzene rings is 1. The Morgan fingerprint density at radius 2 is 2.00 bits per heavy atom. The monoisotopic (exact) mass is 336 g/mol. The number of aryl methyl sites for hydroxylation is 1. The van der Waals surface area contributed by atoms with Crippen LogP contribution in [0.5, 0.6) is 11.5 Å². The van der Waals surface area contributed by atoms with Crippen LogP contribution in [0.2, 0.25) is 0 Å². The first-order chi connectivity index (χ1) is 9.62. The van der Waals surface area contributed by atoms with Crippen molar-refractivity contribution in [2.75, 3.05) is 7.11 Å². The molecule has 0 aliphatic carbocycles. The topological polar surface area (TPSA) is 57.4 Å². The van der Waals surface area contributed by atoms with Crippen molar-refractivity contribution in [2.45, 2.75) is 20.1 Å². The van der Waals surface area contributed by atoms with E-state index in [9.17, 15) is 0 Å². The molecule has 5 heteroatoms. The van der Waals surface area contributed by atoms with Crippen LogP contribution in [0.1, 0.15) is 17.0 Å². The fourth-order valence-electron chi connectivity index (χ4n) is 1.85. The number of hydrogen-bond donors (Lipinski definition) is 1. The Balaban J connectivity index is 2.10. The summed E-state index contributed by atoms with van der Waals surface area (Å²) in [6.07, 6.45) is 0. The lowest BCUT2D eigenvalue weighted by atomic mass is 10.2. The number of aromatic nitrogens is 1. The lowest BCUT2D eigenvalue weighted by molar-refractivity contribution is 0.299. The predicted octanol–water partition coefficient (Wildman–Crippen LogP) is 3.20. The molecular weight excluding hydrogens is 320 g/mol. The fourth-order valence-corrected chi connectivity index (χ4v) is 2.26. The van der Waals surface area contributed by atoms with Gasteiger partial charge in [0.05, 0.1) is 12.8 Å². The van der Waals surface area contributed by atoms with E-state index >= 15 is 0 Å². The zero-order chi connectivity index (χ0) is 14.5. The van der Waals surface area contributed by atoms with Gasteiger partial charge in [-0.15, -0.1) is 0 Å². The Morgan fingerprint density at radius 3 is 2.70 bits per heavy atom. The Morgan fingerprint density at radius 1 is 1.20 bits per heavy atom. The number of ether oxygens (including phenoxy) is 2. The highest BCUT2D eigenvalue weighted by Crippen LogP contribution is 2.23. The fraction of sp³-hybridized carbons (Fsp3) is 0.267. The third kappa shape index (κ3) is 3.71. The van der Waals surface area contributed by atoms with Gasteiger partial charge in [-0.1, -0.05) is 15.9 Å². The van der Waals surface area contributed by atoms with Crippen LogP contribution in [0, 0.1) is 6.92 Å². The number of hydrogen-bond acceptors (Lipinski definition) is 4. The van der Waals surface area contributed by atoms with Crippen LogP contribution in [0.4, 0.5) is 0 Å². The first-order valence-corrected chi connectivity index (χ1v) is 7.04. The van der Waals surface area contributed by atoms with Gasteiger partial charge in [0.2, 0.25) is 0 Å². The zero-order valence-electron chi connectivity index (χ0n) is 11.5. The third-order valence-corrected chi connectivity index (χ3v) is 3.61. The maximum atomic E-state index is 5.75. The molecule has 2 N–H and O–H groups in total. The van der Waals surface area contributed by atoms with Crippen LogP contribution >= 0.6 is 15.9 Å². The molecule has 0 radical (unpaired) electrons. The van der Waals surface area contributed by atoms with Crippen molar-refractivity contribution in [1.29, 1.82) is 0 Å². The average Bonchev–Trinajstić information content (AvgIpc) is 2.45. The van der Waals surface area contributed by atoms with Crippen molar-refractivity contribution in [2.24, 2.45) is 5.73 Å². The van der Waals surface area contributed by atoms with E-state index in [-0.39, 0.29) is 0 Å². The molecule has 1 aromatic heterocycles. The van der Waals surface area contributed by atoms with E-state index in [2.05, 4.69) is 20.9 Å². The molecular formula is C15H17BrN2O2. The molecule has 106 valence electrons. The van der Waals surface area contributed by atoms with Crippen molar-refractivity contribution in [3.63, 3.8) is 0 Å². The largest absolute Gasteiger partial charge is 0.497 e. The first-order valence-electron chi connectivity index (χ1n) is 6.25. The van der Waals surface area contributed by atoms with Crippen LogP contribution in [0.15, 0.2) is 34.8 Å². The van der Waals surface area contributed by atoms with Gasteiger partial charge in [-0.2, -0.15) is 0 Å². The van der Waals surface area contributed by atoms with Crippen LogP contribution in [-0.2, 0) is 13.2 Å². The average molecular weight is 337 g/mol. The second kappa shape index (κ2) is 6.72. The molecule has 0 aliphatic heterocycles. The number of pyridine rings is 1. The maximum absolute atomic E-state index is 5.75. The third-order valence-electron chi connectivity index (χ3n) is 2.84. The second-order valence-corrected chi connectivity index (χ2v) is 5.24. The molecule has 1 aromatic carbocycles. The van der Waals surface area contributed by atoms with Gasteiger partial charge in [0.1, 0.15) is 18.1 Å². The predicted molar refractivity (Wildman–Crippen MR) is 81.9 cm³/mol. The molecule has 4 nitrogen and oxygen atoms in total. The van der Waals surface area contributed by atoms with E-state index in [0.29, 0.717) is 13.2 Å². The Hall–Kier alpha value is -1.59. The van der Waals surface area contributed by atoms with Gasteiger partial charge in [-0.25, -0.2) is 0 Å². The summed E-state index contributed by atoms with van der Waals surface area (Å²) in [4.78, 5) is 4.42. The van der Waals surface area contributed by atoms with E-state index in [0.717, 1.165) is 32.9 Å². The quantitative estimate of drug-likeness (QED) is 0.910. The van der Waals surface area contributed by atoms with Gasteiger partial charge >= 0.3 is 0 Å². The summed E-state index contributed by atoms with van der Waals surface area (Å²) in [6.45, 7) is 2.79. The normalized spacial score (nSPS) is 10.4. The van der Waals surface area contributed by atoms with Gasteiger partial charge in [0.25, 0.3) is 0 Å². The molecule has 0 saturated heterocycles. The molecule has 0 bridgehead atoms. The number of methoxy groups -OCH3 is 1. The molecule has 0 atom stereocenters. The van der Waals surface area contributed by atoms with Gasteiger partial charge in [0, 0.05) is 28.8 Å². The SMILES string of the molecule is COc1cc(C)nc(COc2ccc(Br)c(CN)c2)c1. The standard InChI is InChI=1S/C15H17BrN2O2/c1-10-5-14(19-2)7-12(18-10)9-20-13-3-4-15(16)11(6-13)8-17/h3-7H,8-9,17H2,1-2H3. The molecule has 0 spiro atoms. The highest BCUT2D eigenvalue weighted by molar-refractivity contribution is 9.10. The minimum absolute atomic E-state index is 0.393. The van der Waals surface area contributed by atoms with E-state index in [1.54, 1.807) is 7.11 Å². The summed E-state index contributed by atoms with van der Waals surface area (Å²) in [5.74, 6) is 1.56. The Labute approximate surface area is 127 Å². The van der Waals surface area contributed by atoms with Crippen molar-refractivity contribution >= 4 is 15.9 Å². The summed E-state index contributed by atoms with van der Waals surface area (Å²) in [6, 6.07) is 9.51. The molecule has 0 unspecified atom stereocenters. The zero-order valence-corrected chi connectivity index (χ0v) is 13.1. The molecule has 0 saturated carbocycles. The lowest BCUT2D eigenvalue weighted by Gasteiger charge is -2.10. The van der Waals surface area contributed by atoms with Crippen LogP contribution < -0.4 is 15.2 Å². The lowest BCUT2D eigenvalue weighted by Crippen LogP contribution is -2.02. The van der Waals surface area contributed by atoms with Crippen molar-refractivity contribution < 1.29 is 9.47 Å². The van der Waals surface area contributed by atoms with E-state index in [1.807, 2.05) is 37.3 Å². The molecule has 2 rings (SSSR count). The number of halogens is 1. The second-order valence-electron chi connectivity index (χ2n) is 4.39. The van der Waals surface area contributed by atoms with Crippen LogP contribution in [-0.4, -0.2) is 12.1 Å². The highest BCUT2D eigenvalue weighted by atomic mass is 79.9. The van der Waals surface area contributed by atoms with Crippen molar-refractivity contribution in [3.05, 3.63) is 51.8 Å². The smallest absolute Gasteiger partial charge is 0.130 e. The number of rotatable bonds is 5. The van der Waals surface area contributed by atoms with E-state index in [4.69, 9.17) is 15.2 Å². The summed E-state index contributed by atoms with van der Waals surface area (Å²) in [5, 5.41) is 0. The minimum Gasteiger partial charge on any atom is -0.497 e.